The van der Waals surface area contributed by atoms with Gasteiger partial charge in [-0.1, -0.05) is 12.8 Å². The summed E-state index contributed by atoms with van der Waals surface area (Å²) in [7, 11) is 0. The van der Waals surface area contributed by atoms with E-state index in [1.165, 1.54) is 35.6 Å². The molecule has 1 atom stereocenters. The number of nitrogens with two attached hydrogens (primary N) is 1. The average molecular weight is 210 g/mol. The van der Waals surface area contributed by atoms with Crippen molar-refractivity contribution >= 4 is 11.3 Å². The van der Waals surface area contributed by atoms with E-state index in [1.807, 2.05) is 17.5 Å². The van der Waals surface area contributed by atoms with Crippen molar-refractivity contribution in [2.45, 2.75) is 51.0 Å². The van der Waals surface area contributed by atoms with Crippen LogP contribution < -0.4 is 5.73 Å². The molecule has 1 heterocycles. The van der Waals surface area contributed by atoms with Gasteiger partial charge in [0.1, 0.15) is 0 Å². The van der Waals surface area contributed by atoms with Gasteiger partial charge in [0.15, 0.2) is 0 Å². The number of hydrogen-bond acceptors (Lipinski definition) is 3. The minimum atomic E-state index is 0.256. The third-order valence-corrected chi connectivity index (χ3v) is 3.98. The molecular weight excluding hydrogens is 192 g/mol. The second-order valence-electron chi connectivity index (χ2n) is 4.33. The normalized spacial score (nSPS) is 20.1. The fraction of sp³-hybridized carbons (Fsp3) is 0.727. The van der Waals surface area contributed by atoms with Crippen LogP contribution in [0.5, 0.6) is 0 Å². The van der Waals surface area contributed by atoms with Crippen LogP contribution in [0.25, 0.3) is 0 Å². The van der Waals surface area contributed by atoms with Gasteiger partial charge in [0.2, 0.25) is 0 Å². The van der Waals surface area contributed by atoms with Crippen LogP contribution in [-0.2, 0) is 6.42 Å². The zero-order valence-corrected chi connectivity index (χ0v) is 9.52. The Morgan fingerprint density at radius 3 is 2.93 bits per heavy atom. The van der Waals surface area contributed by atoms with Gasteiger partial charge in [-0.3, -0.25) is 0 Å². The minimum absolute atomic E-state index is 0.256. The average Bonchev–Trinajstić information content (AvgIpc) is 2.69. The molecule has 14 heavy (non-hydrogen) atoms. The molecule has 1 fully saturated rings. The van der Waals surface area contributed by atoms with E-state index in [1.54, 1.807) is 0 Å². The molecule has 0 spiro atoms. The van der Waals surface area contributed by atoms with Crippen LogP contribution in [0.15, 0.2) is 6.20 Å². The molecule has 0 saturated heterocycles. The van der Waals surface area contributed by atoms with E-state index in [2.05, 4.69) is 11.9 Å². The van der Waals surface area contributed by atoms with Crippen LogP contribution in [0.2, 0.25) is 0 Å². The maximum Gasteiger partial charge on any atom is 0.0958 e. The molecular formula is C11H18N2S. The summed E-state index contributed by atoms with van der Waals surface area (Å²) in [5.41, 5.74) is 5.77. The molecule has 0 amide bonds. The van der Waals surface area contributed by atoms with E-state index in [4.69, 9.17) is 5.73 Å². The van der Waals surface area contributed by atoms with Gasteiger partial charge in [-0.05, 0) is 26.2 Å². The summed E-state index contributed by atoms with van der Waals surface area (Å²) in [6.45, 7) is 2.05. The Labute approximate surface area is 89.5 Å². The maximum atomic E-state index is 5.77. The van der Waals surface area contributed by atoms with Gasteiger partial charge in [0.25, 0.3) is 0 Å². The SMILES string of the molecule is CC(N)Cc1cnc(C2CCCC2)s1. The summed E-state index contributed by atoms with van der Waals surface area (Å²) in [6.07, 6.45) is 8.43. The van der Waals surface area contributed by atoms with Gasteiger partial charge in [0.05, 0.1) is 5.01 Å². The van der Waals surface area contributed by atoms with Crippen molar-refractivity contribution in [2.24, 2.45) is 5.73 Å². The quantitative estimate of drug-likeness (QED) is 0.833. The van der Waals surface area contributed by atoms with Crippen LogP contribution in [0.3, 0.4) is 0 Å². The Morgan fingerprint density at radius 2 is 2.29 bits per heavy atom. The molecule has 78 valence electrons. The van der Waals surface area contributed by atoms with Crippen LogP contribution in [-0.4, -0.2) is 11.0 Å². The molecule has 2 rings (SSSR count). The van der Waals surface area contributed by atoms with Crippen LogP contribution in [0, 0.1) is 0 Å². The van der Waals surface area contributed by atoms with Gasteiger partial charge >= 0.3 is 0 Å². The molecule has 1 aromatic heterocycles. The molecule has 1 aliphatic carbocycles. The highest BCUT2D eigenvalue weighted by Crippen LogP contribution is 2.36. The van der Waals surface area contributed by atoms with Crippen molar-refractivity contribution in [3.63, 3.8) is 0 Å². The second-order valence-corrected chi connectivity index (χ2v) is 5.47. The molecule has 2 nitrogen and oxygen atoms in total. The highest BCUT2D eigenvalue weighted by Gasteiger charge is 2.20. The number of thiazole rings is 1. The van der Waals surface area contributed by atoms with Crippen LogP contribution in [0.4, 0.5) is 0 Å². The molecule has 2 N–H and O–H groups in total. The van der Waals surface area contributed by atoms with Gasteiger partial charge < -0.3 is 5.73 Å². The topological polar surface area (TPSA) is 38.9 Å². The maximum absolute atomic E-state index is 5.77. The van der Waals surface area contributed by atoms with E-state index in [9.17, 15) is 0 Å². The lowest BCUT2D eigenvalue weighted by atomic mass is 10.1. The number of aromatic nitrogens is 1. The Balaban J connectivity index is 2.01. The van der Waals surface area contributed by atoms with E-state index < -0.39 is 0 Å². The fourth-order valence-electron chi connectivity index (χ4n) is 2.10. The summed E-state index contributed by atoms with van der Waals surface area (Å²) in [5, 5.41) is 1.35. The second kappa shape index (κ2) is 4.41. The highest BCUT2D eigenvalue weighted by atomic mass is 32.1. The summed E-state index contributed by atoms with van der Waals surface area (Å²) >= 11 is 1.87. The van der Waals surface area contributed by atoms with Crippen molar-refractivity contribution in [1.82, 2.24) is 4.98 Å². The Bertz CT molecular complexity index is 287. The summed E-state index contributed by atoms with van der Waals surface area (Å²) in [5.74, 6) is 0.752. The first-order valence-electron chi connectivity index (χ1n) is 5.46. The van der Waals surface area contributed by atoms with Crippen molar-refractivity contribution in [3.8, 4) is 0 Å². The van der Waals surface area contributed by atoms with Gasteiger partial charge in [0, 0.05) is 23.0 Å². The summed E-state index contributed by atoms with van der Waals surface area (Å²) in [6, 6.07) is 0.256. The minimum Gasteiger partial charge on any atom is -0.328 e. The van der Waals surface area contributed by atoms with Crippen molar-refractivity contribution < 1.29 is 0 Å². The third-order valence-electron chi connectivity index (χ3n) is 2.80. The van der Waals surface area contributed by atoms with Crippen molar-refractivity contribution in [2.75, 3.05) is 0 Å². The summed E-state index contributed by atoms with van der Waals surface area (Å²) < 4.78 is 0. The first kappa shape index (κ1) is 10.1. The smallest absolute Gasteiger partial charge is 0.0958 e. The molecule has 0 bridgehead atoms. The Morgan fingerprint density at radius 1 is 1.57 bits per heavy atom. The van der Waals surface area contributed by atoms with Gasteiger partial charge in [-0.15, -0.1) is 11.3 Å². The van der Waals surface area contributed by atoms with E-state index in [-0.39, 0.29) is 6.04 Å². The molecule has 3 heteroatoms. The first-order valence-corrected chi connectivity index (χ1v) is 6.27. The molecule has 1 saturated carbocycles. The Kier molecular flexibility index (Phi) is 3.19. The van der Waals surface area contributed by atoms with Crippen molar-refractivity contribution in [3.05, 3.63) is 16.1 Å². The molecule has 1 unspecified atom stereocenters. The number of nitrogens with zero attached hydrogens (tertiary/aromatic N) is 1. The lowest BCUT2D eigenvalue weighted by Gasteiger charge is -2.03. The molecule has 0 aromatic carbocycles. The standard InChI is InChI=1S/C11H18N2S/c1-8(12)6-10-7-13-11(14-10)9-4-2-3-5-9/h7-9H,2-6,12H2,1H3. The lowest BCUT2D eigenvalue weighted by Crippen LogP contribution is -2.16. The third kappa shape index (κ3) is 2.34. The predicted molar refractivity (Wildman–Crippen MR) is 60.7 cm³/mol. The zero-order chi connectivity index (χ0) is 9.97. The van der Waals surface area contributed by atoms with E-state index in [0.717, 1.165) is 12.3 Å². The number of hydrogen-bond donors (Lipinski definition) is 1. The monoisotopic (exact) mass is 210 g/mol. The highest BCUT2D eigenvalue weighted by molar-refractivity contribution is 7.11. The molecule has 1 aliphatic rings. The molecule has 0 aliphatic heterocycles. The summed E-state index contributed by atoms with van der Waals surface area (Å²) in [4.78, 5) is 5.86. The zero-order valence-electron chi connectivity index (χ0n) is 8.70. The van der Waals surface area contributed by atoms with E-state index >= 15 is 0 Å². The lowest BCUT2D eigenvalue weighted by molar-refractivity contribution is 0.716. The largest absolute Gasteiger partial charge is 0.328 e. The Hall–Kier alpha value is -0.410. The molecule has 0 radical (unpaired) electrons. The fourth-order valence-corrected chi connectivity index (χ4v) is 3.32. The molecule has 1 aromatic rings. The van der Waals surface area contributed by atoms with Crippen molar-refractivity contribution in [1.29, 1.82) is 0 Å². The van der Waals surface area contributed by atoms with Crippen LogP contribution in [0.1, 0.15) is 48.4 Å². The van der Waals surface area contributed by atoms with Crippen LogP contribution >= 0.6 is 11.3 Å². The van der Waals surface area contributed by atoms with E-state index in [0.29, 0.717) is 0 Å². The van der Waals surface area contributed by atoms with Gasteiger partial charge in [-0.25, -0.2) is 4.98 Å². The predicted octanol–water partition coefficient (Wildman–Crippen LogP) is 2.69. The first-order chi connectivity index (χ1) is 6.75. The van der Waals surface area contributed by atoms with Gasteiger partial charge in [-0.2, -0.15) is 0 Å². The number of rotatable bonds is 3.